The first-order chi connectivity index (χ1) is 8.38. The Kier molecular flexibility index (Phi) is 3.81. The van der Waals surface area contributed by atoms with Crippen LogP contribution in [0.4, 0.5) is 0 Å². The smallest absolute Gasteiger partial charge is 0.0708 e. The van der Waals surface area contributed by atoms with Crippen molar-refractivity contribution in [2.75, 3.05) is 0 Å². The van der Waals surface area contributed by atoms with Gasteiger partial charge in [-0.15, -0.1) is 0 Å². The van der Waals surface area contributed by atoms with E-state index in [1.54, 1.807) is 0 Å². The molecule has 0 aromatic carbocycles. The monoisotopic (exact) mass is 250 g/mol. The van der Waals surface area contributed by atoms with E-state index >= 15 is 0 Å². The molecule has 1 aliphatic rings. The number of nitrogens with zero attached hydrogens (tertiary/aromatic N) is 2. The lowest BCUT2D eigenvalue weighted by Gasteiger charge is -2.38. The fourth-order valence-corrected chi connectivity index (χ4v) is 3.47. The van der Waals surface area contributed by atoms with Gasteiger partial charge in [-0.05, 0) is 51.0 Å². The van der Waals surface area contributed by atoms with Gasteiger partial charge in [0.1, 0.15) is 0 Å². The topological polar surface area (TPSA) is 38.0 Å². The van der Waals surface area contributed by atoms with Crippen LogP contribution in [-0.2, 0) is 6.42 Å². The molecule has 0 aliphatic heterocycles. The maximum absolute atomic E-state index is 10.8. The zero-order chi connectivity index (χ0) is 13.3. The Morgan fingerprint density at radius 3 is 2.50 bits per heavy atom. The summed E-state index contributed by atoms with van der Waals surface area (Å²) in [7, 11) is 0. The molecule has 2 unspecified atom stereocenters. The van der Waals surface area contributed by atoms with Gasteiger partial charge in [-0.2, -0.15) is 5.10 Å². The van der Waals surface area contributed by atoms with Gasteiger partial charge in [0.2, 0.25) is 0 Å². The van der Waals surface area contributed by atoms with E-state index in [0.717, 1.165) is 18.5 Å². The molecule has 1 aromatic rings. The van der Waals surface area contributed by atoms with Crippen molar-refractivity contribution in [1.29, 1.82) is 0 Å². The van der Waals surface area contributed by atoms with Gasteiger partial charge in [0.25, 0.3) is 0 Å². The van der Waals surface area contributed by atoms with Crippen LogP contribution in [-0.4, -0.2) is 20.5 Å². The standard InChI is InChI=1S/C15H26N2O/c1-11(2)17-6-5-14(16-17)10-15(18)8-12(3)7-13(4)9-15/h5-6,11-13,18H,7-10H2,1-4H3. The molecule has 3 nitrogen and oxygen atoms in total. The van der Waals surface area contributed by atoms with Crippen molar-refractivity contribution in [3.05, 3.63) is 18.0 Å². The van der Waals surface area contributed by atoms with E-state index in [1.807, 2.05) is 16.9 Å². The maximum Gasteiger partial charge on any atom is 0.0708 e. The van der Waals surface area contributed by atoms with Crippen LogP contribution < -0.4 is 0 Å². The van der Waals surface area contributed by atoms with E-state index in [4.69, 9.17) is 0 Å². The van der Waals surface area contributed by atoms with Gasteiger partial charge in [0.05, 0.1) is 11.3 Å². The van der Waals surface area contributed by atoms with Crippen LogP contribution in [0.5, 0.6) is 0 Å². The second kappa shape index (κ2) is 5.04. The molecule has 1 fully saturated rings. The van der Waals surface area contributed by atoms with Crippen molar-refractivity contribution in [3.63, 3.8) is 0 Å². The van der Waals surface area contributed by atoms with Crippen molar-refractivity contribution >= 4 is 0 Å². The van der Waals surface area contributed by atoms with E-state index in [9.17, 15) is 5.11 Å². The Balaban J connectivity index is 2.06. The second-order valence-corrected chi connectivity index (χ2v) is 6.64. The lowest BCUT2D eigenvalue weighted by atomic mass is 9.72. The zero-order valence-corrected chi connectivity index (χ0v) is 12.1. The number of hydrogen-bond donors (Lipinski definition) is 1. The molecule has 0 amide bonds. The van der Waals surface area contributed by atoms with Crippen molar-refractivity contribution < 1.29 is 5.11 Å². The molecular weight excluding hydrogens is 224 g/mol. The number of rotatable bonds is 3. The van der Waals surface area contributed by atoms with Crippen molar-refractivity contribution in [3.8, 4) is 0 Å². The molecule has 0 radical (unpaired) electrons. The Bertz CT molecular complexity index is 387. The Morgan fingerprint density at radius 2 is 2.00 bits per heavy atom. The zero-order valence-electron chi connectivity index (χ0n) is 12.1. The van der Waals surface area contributed by atoms with Crippen molar-refractivity contribution in [2.24, 2.45) is 11.8 Å². The first kappa shape index (κ1) is 13.6. The predicted molar refractivity (Wildman–Crippen MR) is 73.4 cm³/mol. The average molecular weight is 250 g/mol. The highest BCUT2D eigenvalue weighted by molar-refractivity contribution is 5.06. The van der Waals surface area contributed by atoms with Crippen molar-refractivity contribution in [1.82, 2.24) is 9.78 Å². The van der Waals surface area contributed by atoms with Crippen molar-refractivity contribution in [2.45, 2.75) is 65.0 Å². The quantitative estimate of drug-likeness (QED) is 0.894. The Hall–Kier alpha value is -0.830. The molecule has 1 aliphatic carbocycles. The highest BCUT2D eigenvalue weighted by Crippen LogP contribution is 2.37. The summed E-state index contributed by atoms with van der Waals surface area (Å²) in [4.78, 5) is 0. The van der Waals surface area contributed by atoms with E-state index in [1.165, 1.54) is 6.42 Å². The highest BCUT2D eigenvalue weighted by Gasteiger charge is 2.36. The molecule has 0 bridgehead atoms. The summed E-state index contributed by atoms with van der Waals surface area (Å²) in [5, 5.41) is 15.3. The fraction of sp³-hybridized carbons (Fsp3) is 0.800. The van der Waals surface area contributed by atoms with Gasteiger partial charge in [0, 0.05) is 18.7 Å². The van der Waals surface area contributed by atoms with Gasteiger partial charge in [-0.3, -0.25) is 4.68 Å². The van der Waals surface area contributed by atoms with Crippen LogP contribution in [0.2, 0.25) is 0 Å². The van der Waals surface area contributed by atoms with Crippen LogP contribution in [0, 0.1) is 11.8 Å². The minimum absolute atomic E-state index is 0.387. The van der Waals surface area contributed by atoms with Gasteiger partial charge < -0.3 is 5.11 Å². The lowest BCUT2D eigenvalue weighted by Crippen LogP contribution is -2.40. The highest BCUT2D eigenvalue weighted by atomic mass is 16.3. The maximum atomic E-state index is 10.8. The summed E-state index contributed by atoms with van der Waals surface area (Å²) < 4.78 is 1.97. The van der Waals surface area contributed by atoms with Gasteiger partial charge in [0.15, 0.2) is 0 Å². The molecule has 1 N–H and O–H groups in total. The molecule has 18 heavy (non-hydrogen) atoms. The molecule has 1 heterocycles. The first-order valence-electron chi connectivity index (χ1n) is 7.14. The summed E-state index contributed by atoms with van der Waals surface area (Å²) in [6.07, 6.45) is 5.76. The molecule has 1 saturated carbocycles. The summed E-state index contributed by atoms with van der Waals surface area (Å²) in [6, 6.07) is 2.43. The van der Waals surface area contributed by atoms with E-state index in [2.05, 4.69) is 32.8 Å². The van der Waals surface area contributed by atoms with Gasteiger partial charge >= 0.3 is 0 Å². The van der Waals surface area contributed by atoms with E-state index < -0.39 is 5.60 Å². The Morgan fingerprint density at radius 1 is 1.39 bits per heavy atom. The number of aromatic nitrogens is 2. The predicted octanol–water partition coefficient (Wildman–Crippen LogP) is 3.19. The molecule has 102 valence electrons. The minimum Gasteiger partial charge on any atom is -0.389 e. The third-order valence-electron chi connectivity index (χ3n) is 3.96. The van der Waals surface area contributed by atoms with E-state index in [-0.39, 0.29) is 0 Å². The largest absolute Gasteiger partial charge is 0.389 e. The van der Waals surface area contributed by atoms with Crippen LogP contribution in [0.3, 0.4) is 0 Å². The third-order valence-corrected chi connectivity index (χ3v) is 3.96. The van der Waals surface area contributed by atoms with Crippen LogP contribution in [0.15, 0.2) is 12.3 Å². The number of hydrogen-bond acceptors (Lipinski definition) is 2. The molecule has 2 atom stereocenters. The lowest BCUT2D eigenvalue weighted by molar-refractivity contribution is -0.0312. The van der Waals surface area contributed by atoms with Crippen LogP contribution in [0.1, 0.15) is 58.7 Å². The number of aliphatic hydroxyl groups is 1. The fourth-order valence-electron chi connectivity index (χ4n) is 3.47. The molecule has 0 saturated heterocycles. The SMILES string of the molecule is CC1CC(C)CC(O)(Cc2ccn(C(C)C)n2)C1. The first-order valence-corrected chi connectivity index (χ1v) is 7.14. The van der Waals surface area contributed by atoms with Gasteiger partial charge in [-0.25, -0.2) is 0 Å². The summed E-state index contributed by atoms with van der Waals surface area (Å²) in [6.45, 7) is 8.73. The minimum atomic E-state index is -0.548. The molecule has 2 rings (SSSR count). The molecular formula is C15H26N2O. The average Bonchev–Trinajstić information content (AvgIpc) is 2.62. The van der Waals surface area contributed by atoms with Crippen LogP contribution >= 0.6 is 0 Å². The Labute approximate surface area is 110 Å². The summed E-state index contributed by atoms with van der Waals surface area (Å²) in [5.41, 5.74) is 0.472. The van der Waals surface area contributed by atoms with E-state index in [0.29, 0.717) is 24.3 Å². The van der Waals surface area contributed by atoms with Gasteiger partial charge in [-0.1, -0.05) is 13.8 Å². The third kappa shape index (κ3) is 3.14. The van der Waals surface area contributed by atoms with Crippen LogP contribution in [0.25, 0.3) is 0 Å². The molecule has 1 aromatic heterocycles. The summed E-state index contributed by atoms with van der Waals surface area (Å²) >= 11 is 0. The normalized spacial score (nSPS) is 33.0. The second-order valence-electron chi connectivity index (χ2n) is 6.64. The summed E-state index contributed by atoms with van der Waals surface area (Å²) in [5.74, 6) is 1.23. The molecule has 3 heteroatoms. The molecule has 0 spiro atoms.